The van der Waals surface area contributed by atoms with Crippen LogP contribution in [0.1, 0.15) is 6.42 Å². The van der Waals surface area contributed by atoms with Crippen molar-refractivity contribution in [2.45, 2.75) is 10.6 Å². The molecule has 0 unspecified atom stereocenters. The Kier molecular flexibility index (Phi) is 4.04. The molecule has 0 aromatic carbocycles. The van der Waals surface area contributed by atoms with Crippen LogP contribution in [0.3, 0.4) is 0 Å². The van der Waals surface area contributed by atoms with Gasteiger partial charge >= 0.3 is 0 Å². The maximum Gasteiger partial charge on any atom is 0.253 e. The molecular formula is C7H8ClN3O2S2. The van der Waals surface area contributed by atoms with Crippen molar-refractivity contribution in [1.29, 1.82) is 5.26 Å². The zero-order chi connectivity index (χ0) is 11.5. The summed E-state index contributed by atoms with van der Waals surface area (Å²) in [6, 6.07) is 1.88. The molecule has 0 fully saturated rings. The molecule has 8 heteroatoms. The molecule has 0 saturated heterocycles. The lowest BCUT2D eigenvalue weighted by Gasteiger charge is -2.13. The van der Waals surface area contributed by atoms with Crippen molar-refractivity contribution in [1.82, 2.24) is 9.29 Å². The smallest absolute Gasteiger partial charge is 0.232 e. The number of nitrogens with zero attached hydrogens (tertiary/aromatic N) is 3. The van der Waals surface area contributed by atoms with E-state index in [0.717, 1.165) is 15.6 Å². The molecule has 15 heavy (non-hydrogen) atoms. The molecule has 0 aliphatic heterocycles. The monoisotopic (exact) mass is 265 g/mol. The van der Waals surface area contributed by atoms with E-state index in [1.54, 1.807) is 0 Å². The van der Waals surface area contributed by atoms with Gasteiger partial charge in [-0.3, -0.25) is 0 Å². The van der Waals surface area contributed by atoms with E-state index in [1.807, 2.05) is 6.07 Å². The fourth-order valence-electron chi connectivity index (χ4n) is 0.840. The maximum absolute atomic E-state index is 11.8. The predicted molar refractivity (Wildman–Crippen MR) is 57.2 cm³/mol. The zero-order valence-electron chi connectivity index (χ0n) is 7.84. The van der Waals surface area contributed by atoms with Gasteiger partial charge in [-0.2, -0.15) is 9.57 Å². The van der Waals surface area contributed by atoms with Gasteiger partial charge in [0, 0.05) is 20.0 Å². The molecular weight excluding hydrogens is 258 g/mol. The first-order chi connectivity index (χ1) is 6.98. The zero-order valence-corrected chi connectivity index (χ0v) is 10.2. The summed E-state index contributed by atoms with van der Waals surface area (Å²) in [7, 11) is -2.12. The summed E-state index contributed by atoms with van der Waals surface area (Å²) < 4.78 is 24.9. The van der Waals surface area contributed by atoms with Crippen molar-refractivity contribution in [3.05, 3.63) is 10.7 Å². The van der Waals surface area contributed by atoms with Crippen LogP contribution in [0.4, 0.5) is 0 Å². The quantitative estimate of drug-likeness (QED) is 0.823. The van der Waals surface area contributed by atoms with E-state index < -0.39 is 10.0 Å². The minimum absolute atomic E-state index is 0.0907. The number of rotatable bonds is 4. The van der Waals surface area contributed by atoms with Crippen molar-refractivity contribution in [2.75, 3.05) is 13.6 Å². The number of halogens is 1. The van der Waals surface area contributed by atoms with Crippen molar-refractivity contribution >= 4 is 33.0 Å². The molecule has 1 aromatic rings. The third-order valence-corrected chi connectivity index (χ3v) is 5.07. The van der Waals surface area contributed by atoms with E-state index >= 15 is 0 Å². The molecule has 0 radical (unpaired) electrons. The first-order valence-electron chi connectivity index (χ1n) is 3.93. The third kappa shape index (κ3) is 2.89. The van der Waals surface area contributed by atoms with Crippen LogP contribution in [0.5, 0.6) is 0 Å². The average Bonchev–Trinajstić information content (AvgIpc) is 2.61. The molecule has 5 nitrogen and oxygen atoms in total. The minimum atomic E-state index is -3.54. The number of nitriles is 1. The number of aromatic nitrogens is 1. The van der Waals surface area contributed by atoms with E-state index in [0.29, 0.717) is 0 Å². The van der Waals surface area contributed by atoms with Gasteiger partial charge in [-0.25, -0.2) is 13.4 Å². The second kappa shape index (κ2) is 4.90. The predicted octanol–water partition coefficient (Wildman–Crippen LogP) is 1.33. The topological polar surface area (TPSA) is 74.1 Å². The Morgan fingerprint density at radius 2 is 2.40 bits per heavy atom. The van der Waals surface area contributed by atoms with Gasteiger partial charge in [-0.1, -0.05) is 22.9 Å². The Labute approximate surface area is 97.0 Å². The van der Waals surface area contributed by atoms with Crippen LogP contribution in [-0.4, -0.2) is 31.3 Å². The average molecular weight is 266 g/mol. The Balaban J connectivity index is 2.89. The SMILES string of the molecule is CN(CCC#N)S(=O)(=O)c1cnc(Cl)s1. The number of hydrogen-bond acceptors (Lipinski definition) is 5. The first kappa shape index (κ1) is 12.4. The molecule has 82 valence electrons. The van der Waals surface area contributed by atoms with Gasteiger partial charge in [0.2, 0.25) is 0 Å². The molecule has 1 aromatic heterocycles. The van der Waals surface area contributed by atoms with Gasteiger partial charge in [0.25, 0.3) is 10.0 Å². The lowest BCUT2D eigenvalue weighted by Crippen LogP contribution is -2.27. The van der Waals surface area contributed by atoms with Gasteiger partial charge in [-0.15, -0.1) is 0 Å². The highest BCUT2D eigenvalue weighted by molar-refractivity contribution is 7.91. The summed E-state index contributed by atoms with van der Waals surface area (Å²) in [6.45, 7) is 0.161. The van der Waals surface area contributed by atoms with Crippen molar-refractivity contribution in [3.63, 3.8) is 0 Å². The molecule has 1 heterocycles. The number of thiazole rings is 1. The molecule has 0 saturated carbocycles. The molecule has 0 N–H and O–H groups in total. The van der Waals surface area contributed by atoms with E-state index in [1.165, 1.54) is 13.2 Å². The molecule has 0 aliphatic carbocycles. The summed E-state index contributed by atoms with van der Waals surface area (Å²) in [5.74, 6) is 0. The van der Waals surface area contributed by atoms with Gasteiger partial charge in [0.1, 0.15) is 0 Å². The van der Waals surface area contributed by atoms with Crippen molar-refractivity contribution < 1.29 is 8.42 Å². The third-order valence-electron chi connectivity index (χ3n) is 1.66. The Morgan fingerprint density at radius 1 is 1.73 bits per heavy atom. The fourth-order valence-corrected chi connectivity index (χ4v) is 3.52. The second-order valence-corrected chi connectivity index (χ2v) is 6.55. The van der Waals surface area contributed by atoms with Crippen LogP contribution in [0.15, 0.2) is 10.4 Å². The fraction of sp³-hybridized carbons (Fsp3) is 0.429. The van der Waals surface area contributed by atoms with Crippen LogP contribution in [0.25, 0.3) is 0 Å². The van der Waals surface area contributed by atoms with Crippen molar-refractivity contribution in [3.8, 4) is 6.07 Å². The standard InChI is InChI=1S/C7H8ClN3O2S2/c1-11(4-2-3-9)15(12,13)6-5-10-7(8)14-6/h5H,2,4H2,1H3. The van der Waals surface area contributed by atoms with Crippen LogP contribution >= 0.6 is 22.9 Å². The van der Waals surface area contributed by atoms with Crippen LogP contribution in [-0.2, 0) is 10.0 Å². The molecule has 0 amide bonds. The van der Waals surface area contributed by atoms with Gasteiger partial charge in [0.05, 0.1) is 12.3 Å². The van der Waals surface area contributed by atoms with E-state index in [4.69, 9.17) is 16.9 Å². The molecule has 0 aliphatic rings. The van der Waals surface area contributed by atoms with Crippen LogP contribution in [0, 0.1) is 11.3 Å². The highest BCUT2D eigenvalue weighted by Gasteiger charge is 2.22. The molecule has 1 rings (SSSR count). The number of hydrogen-bond donors (Lipinski definition) is 0. The lowest BCUT2D eigenvalue weighted by molar-refractivity contribution is 0.478. The van der Waals surface area contributed by atoms with Gasteiger partial charge in [0.15, 0.2) is 8.68 Å². The highest BCUT2D eigenvalue weighted by atomic mass is 35.5. The van der Waals surface area contributed by atoms with E-state index in [2.05, 4.69) is 4.98 Å². The Bertz CT molecular complexity index is 477. The Hall–Kier alpha value is -0.680. The molecule has 0 bridgehead atoms. The minimum Gasteiger partial charge on any atom is -0.232 e. The summed E-state index contributed by atoms with van der Waals surface area (Å²) >= 11 is 6.45. The highest BCUT2D eigenvalue weighted by Crippen LogP contribution is 2.24. The van der Waals surface area contributed by atoms with Crippen LogP contribution in [0.2, 0.25) is 4.47 Å². The Morgan fingerprint density at radius 3 is 2.87 bits per heavy atom. The summed E-state index contributed by atoms with van der Waals surface area (Å²) in [4.78, 5) is 3.66. The second-order valence-electron chi connectivity index (χ2n) is 2.67. The molecule has 0 atom stereocenters. The maximum atomic E-state index is 11.8. The summed E-state index contributed by atoms with van der Waals surface area (Å²) in [5, 5.41) is 8.35. The van der Waals surface area contributed by atoms with Gasteiger partial charge in [-0.05, 0) is 0 Å². The lowest BCUT2D eigenvalue weighted by atomic mass is 10.5. The number of sulfonamides is 1. The summed E-state index contributed by atoms with van der Waals surface area (Å²) in [6.07, 6.45) is 1.37. The molecule has 0 spiro atoms. The van der Waals surface area contributed by atoms with Crippen molar-refractivity contribution in [2.24, 2.45) is 0 Å². The van der Waals surface area contributed by atoms with E-state index in [9.17, 15) is 8.42 Å². The largest absolute Gasteiger partial charge is 0.253 e. The summed E-state index contributed by atoms with van der Waals surface area (Å²) in [5.41, 5.74) is 0. The van der Waals surface area contributed by atoms with Gasteiger partial charge < -0.3 is 0 Å². The first-order valence-corrected chi connectivity index (χ1v) is 6.56. The van der Waals surface area contributed by atoms with E-state index in [-0.39, 0.29) is 21.6 Å². The van der Waals surface area contributed by atoms with Crippen LogP contribution < -0.4 is 0 Å². The normalized spacial score (nSPS) is 11.6.